The minimum absolute atomic E-state index is 0.0955. The van der Waals surface area contributed by atoms with Crippen LogP contribution in [-0.2, 0) is 0 Å². The predicted molar refractivity (Wildman–Crippen MR) is 77.6 cm³/mol. The second-order valence-electron chi connectivity index (χ2n) is 6.25. The van der Waals surface area contributed by atoms with Gasteiger partial charge in [0.25, 0.3) is 0 Å². The van der Waals surface area contributed by atoms with Crippen LogP contribution in [0.25, 0.3) is 0 Å². The summed E-state index contributed by atoms with van der Waals surface area (Å²) in [5.41, 5.74) is 2.90. The van der Waals surface area contributed by atoms with Crippen LogP contribution in [0.2, 0.25) is 0 Å². The van der Waals surface area contributed by atoms with E-state index in [2.05, 4.69) is 71.1 Å². The Hall–Kier alpha value is -0.980. The molecule has 0 aliphatic heterocycles. The Morgan fingerprint density at radius 1 is 1.00 bits per heavy atom. The fraction of sp³-hybridized carbons (Fsp3) is 0.625. The maximum absolute atomic E-state index is 3.67. The summed E-state index contributed by atoms with van der Waals surface area (Å²) < 4.78 is 0. The predicted octanol–water partition coefficient (Wildman–Crippen LogP) is 5.01. The molecule has 1 aromatic carbocycles. The molecule has 1 heteroatoms. The van der Waals surface area contributed by atoms with Crippen molar-refractivity contribution in [3.63, 3.8) is 0 Å². The third-order valence-electron chi connectivity index (χ3n) is 4.08. The Morgan fingerprint density at radius 2 is 1.53 bits per heavy atom. The van der Waals surface area contributed by atoms with Gasteiger partial charge < -0.3 is 5.32 Å². The van der Waals surface area contributed by atoms with E-state index in [0.29, 0.717) is 0 Å². The molecule has 0 saturated heterocycles. The van der Waals surface area contributed by atoms with E-state index >= 15 is 0 Å². The molecule has 1 N–H and O–H groups in total. The van der Waals surface area contributed by atoms with E-state index in [1.165, 1.54) is 24.1 Å². The second kappa shape index (κ2) is 5.12. The maximum atomic E-state index is 3.67. The van der Waals surface area contributed by atoms with E-state index in [1.807, 2.05) is 0 Å². The highest BCUT2D eigenvalue weighted by Gasteiger charge is 2.35. The van der Waals surface area contributed by atoms with E-state index in [0.717, 1.165) is 0 Å². The highest BCUT2D eigenvalue weighted by atomic mass is 15.0. The lowest BCUT2D eigenvalue weighted by Gasteiger charge is -2.43. The Balaban J connectivity index is 2.81. The molecule has 0 aliphatic carbocycles. The van der Waals surface area contributed by atoms with Gasteiger partial charge in [-0.25, -0.2) is 0 Å². The summed E-state index contributed by atoms with van der Waals surface area (Å²) in [7, 11) is 0. The van der Waals surface area contributed by atoms with Crippen molar-refractivity contribution in [1.82, 2.24) is 0 Å². The normalized spacial score (nSPS) is 12.6. The van der Waals surface area contributed by atoms with E-state index < -0.39 is 0 Å². The monoisotopic (exact) mass is 233 g/mol. The van der Waals surface area contributed by atoms with Gasteiger partial charge in [-0.15, -0.1) is 0 Å². The molecule has 0 unspecified atom stereocenters. The number of rotatable bonds is 5. The number of aryl methyl sites for hydroxylation is 1. The van der Waals surface area contributed by atoms with Crippen molar-refractivity contribution in [2.24, 2.45) is 5.41 Å². The van der Waals surface area contributed by atoms with Gasteiger partial charge >= 0.3 is 0 Å². The molecular formula is C16H27N. The van der Waals surface area contributed by atoms with Gasteiger partial charge in [0.1, 0.15) is 0 Å². The van der Waals surface area contributed by atoms with Crippen LogP contribution in [0.1, 0.15) is 53.0 Å². The SMILES string of the molecule is CCCC(C)(C)C(C)(C)Nc1ccc(C)cc1. The summed E-state index contributed by atoms with van der Waals surface area (Å²) in [5.74, 6) is 0. The summed E-state index contributed by atoms with van der Waals surface area (Å²) in [4.78, 5) is 0. The number of hydrogen-bond donors (Lipinski definition) is 1. The van der Waals surface area contributed by atoms with Gasteiger partial charge in [-0.05, 0) is 44.7 Å². The minimum atomic E-state index is 0.0955. The van der Waals surface area contributed by atoms with Gasteiger partial charge in [-0.1, -0.05) is 44.9 Å². The molecule has 0 aliphatic rings. The first-order valence-corrected chi connectivity index (χ1v) is 6.63. The Kier molecular flexibility index (Phi) is 4.24. The quantitative estimate of drug-likeness (QED) is 0.753. The van der Waals surface area contributed by atoms with Gasteiger partial charge in [-0.3, -0.25) is 0 Å². The Morgan fingerprint density at radius 3 is 2.00 bits per heavy atom. The molecule has 0 heterocycles. The highest BCUT2D eigenvalue weighted by molar-refractivity contribution is 5.46. The number of nitrogens with one attached hydrogen (secondary N) is 1. The summed E-state index contributed by atoms with van der Waals surface area (Å²) in [6.07, 6.45) is 2.46. The molecule has 0 aromatic heterocycles. The van der Waals surface area contributed by atoms with Gasteiger partial charge in [0.15, 0.2) is 0 Å². The Bertz CT molecular complexity index is 346. The first-order chi connectivity index (χ1) is 7.78. The molecule has 0 radical (unpaired) electrons. The molecular weight excluding hydrogens is 206 g/mol. The fourth-order valence-corrected chi connectivity index (χ4v) is 2.10. The van der Waals surface area contributed by atoms with Crippen LogP contribution in [-0.4, -0.2) is 5.54 Å². The Labute approximate surface area is 107 Å². The third-order valence-corrected chi connectivity index (χ3v) is 4.08. The first kappa shape index (κ1) is 14.1. The van der Waals surface area contributed by atoms with Crippen LogP contribution >= 0.6 is 0 Å². The molecule has 96 valence electrons. The zero-order valence-corrected chi connectivity index (χ0v) is 12.2. The van der Waals surface area contributed by atoms with E-state index in [1.54, 1.807) is 0 Å². The average molecular weight is 233 g/mol. The van der Waals surface area contributed by atoms with Gasteiger partial charge in [0, 0.05) is 11.2 Å². The molecule has 0 spiro atoms. The van der Waals surface area contributed by atoms with Crippen LogP contribution in [0.15, 0.2) is 24.3 Å². The van der Waals surface area contributed by atoms with Gasteiger partial charge in [-0.2, -0.15) is 0 Å². The van der Waals surface area contributed by atoms with Crippen LogP contribution in [0.4, 0.5) is 5.69 Å². The number of anilines is 1. The van der Waals surface area contributed by atoms with Crippen molar-refractivity contribution >= 4 is 5.69 Å². The van der Waals surface area contributed by atoms with Crippen molar-refractivity contribution in [2.45, 2.75) is 59.9 Å². The zero-order valence-electron chi connectivity index (χ0n) is 12.2. The van der Waals surface area contributed by atoms with Gasteiger partial charge in [0.05, 0.1) is 0 Å². The van der Waals surface area contributed by atoms with Crippen LogP contribution in [0.5, 0.6) is 0 Å². The maximum Gasteiger partial charge on any atom is 0.0368 e. The molecule has 0 amide bonds. The smallest absolute Gasteiger partial charge is 0.0368 e. The molecule has 17 heavy (non-hydrogen) atoms. The largest absolute Gasteiger partial charge is 0.380 e. The highest BCUT2D eigenvalue weighted by Crippen LogP contribution is 2.37. The average Bonchev–Trinajstić information content (AvgIpc) is 2.21. The van der Waals surface area contributed by atoms with Crippen LogP contribution < -0.4 is 5.32 Å². The van der Waals surface area contributed by atoms with Crippen molar-refractivity contribution in [1.29, 1.82) is 0 Å². The molecule has 1 aromatic rings. The fourth-order valence-electron chi connectivity index (χ4n) is 2.10. The van der Waals surface area contributed by atoms with Crippen LogP contribution in [0, 0.1) is 12.3 Å². The van der Waals surface area contributed by atoms with Crippen molar-refractivity contribution in [2.75, 3.05) is 5.32 Å². The van der Waals surface area contributed by atoms with Gasteiger partial charge in [0.2, 0.25) is 0 Å². The number of hydrogen-bond acceptors (Lipinski definition) is 1. The van der Waals surface area contributed by atoms with E-state index in [4.69, 9.17) is 0 Å². The van der Waals surface area contributed by atoms with Crippen molar-refractivity contribution in [3.8, 4) is 0 Å². The molecule has 0 bridgehead atoms. The molecule has 0 saturated carbocycles. The minimum Gasteiger partial charge on any atom is -0.380 e. The summed E-state index contributed by atoms with van der Waals surface area (Å²) in [6, 6.07) is 8.65. The molecule has 1 nitrogen and oxygen atoms in total. The first-order valence-electron chi connectivity index (χ1n) is 6.63. The molecule has 0 fully saturated rings. The third kappa shape index (κ3) is 3.49. The number of benzene rings is 1. The van der Waals surface area contributed by atoms with E-state index in [-0.39, 0.29) is 11.0 Å². The summed E-state index contributed by atoms with van der Waals surface area (Å²) in [6.45, 7) is 13.7. The molecule has 0 atom stereocenters. The lowest BCUT2D eigenvalue weighted by Crippen LogP contribution is -2.45. The summed E-state index contributed by atoms with van der Waals surface area (Å²) >= 11 is 0. The second-order valence-corrected chi connectivity index (χ2v) is 6.25. The topological polar surface area (TPSA) is 12.0 Å². The van der Waals surface area contributed by atoms with Crippen molar-refractivity contribution < 1.29 is 0 Å². The summed E-state index contributed by atoms with van der Waals surface area (Å²) in [5, 5.41) is 3.67. The standard InChI is InChI=1S/C16H27N/c1-7-12-15(3,4)16(5,6)17-14-10-8-13(2)9-11-14/h8-11,17H,7,12H2,1-6H3. The lowest BCUT2D eigenvalue weighted by molar-refractivity contribution is 0.204. The van der Waals surface area contributed by atoms with Crippen molar-refractivity contribution in [3.05, 3.63) is 29.8 Å². The van der Waals surface area contributed by atoms with Crippen LogP contribution in [0.3, 0.4) is 0 Å². The lowest BCUT2D eigenvalue weighted by atomic mass is 9.71. The molecule has 1 rings (SSSR count). The van der Waals surface area contributed by atoms with E-state index in [9.17, 15) is 0 Å². The zero-order chi connectivity index (χ0) is 13.1.